The summed E-state index contributed by atoms with van der Waals surface area (Å²) in [5.41, 5.74) is 1.23. The van der Waals surface area contributed by atoms with Gasteiger partial charge in [-0.2, -0.15) is 0 Å². The Morgan fingerprint density at radius 1 is 1.48 bits per heavy atom. The zero-order chi connectivity index (χ0) is 15.2. The van der Waals surface area contributed by atoms with E-state index in [-0.39, 0.29) is 18.1 Å². The van der Waals surface area contributed by atoms with Crippen molar-refractivity contribution in [2.75, 3.05) is 26.2 Å². The van der Waals surface area contributed by atoms with Crippen molar-refractivity contribution in [3.8, 4) is 0 Å². The van der Waals surface area contributed by atoms with E-state index in [0.29, 0.717) is 13.2 Å². The van der Waals surface area contributed by atoms with Crippen LogP contribution in [0, 0.1) is 0 Å². The molecule has 1 N–H and O–H groups in total. The molecule has 0 aromatic heterocycles. The molecule has 5 heteroatoms. The van der Waals surface area contributed by atoms with Gasteiger partial charge in [0.15, 0.2) is 0 Å². The Bertz CT molecular complexity index is 464. The number of carbonyl (C=O) groups is 1. The molecule has 1 aliphatic heterocycles. The molecule has 1 aromatic carbocycles. The molecular weight excluding hydrogens is 288 g/mol. The van der Waals surface area contributed by atoms with Crippen LogP contribution in [0.15, 0.2) is 24.3 Å². The third-order valence-electron chi connectivity index (χ3n) is 3.85. The van der Waals surface area contributed by atoms with Gasteiger partial charge in [0, 0.05) is 30.7 Å². The second-order valence-corrected chi connectivity index (χ2v) is 5.83. The number of esters is 1. The van der Waals surface area contributed by atoms with Gasteiger partial charge in [-0.05, 0) is 38.0 Å². The highest BCUT2D eigenvalue weighted by atomic mass is 35.5. The van der Waals surface area contributed by atoms with E-state index in [2.05, 4.69) is 17.1 Å². The van der Waals surface area contributed by atoms with Gasteiger partial charge in [0.1, 0.15) is 6.04 Å². The lowest BCUT2D eigenvalue weighted by molar-refractivity contribution is -0.151. The average molecular weight is 311 g/mol. The number of hydrogen-bond donors (Lipinski definition) is 1. The number of rotatable bonds is 5. The van der Waals surface area contributed by atoms with E-state index >= 15 is 0 Å². The van der Waals surface area contributed by atoms with Crippen molar-refractivity contribution in [2.45, 2.75) is 32.4 Å². The molecule has 1 heterocycles. The third-order valence-corrected chi connectivity index (χ3v) is 4.11. The van der Waals surface area contributed by atoms with Gasteiger partial charge in [-0.25, -0.2) is 0 Å². The molecule has 0 bridgehead atoms. The summed E-state index contributed by atoms with van der Waals surface area (Å²) in [6.07, 6.45) is 0.896. The first kappa shape index (κ1) is 16.3. The second kappa shape index (κ2) is 7.78. The van der Waals surface area contributed by atoms with E-state index in [9.17, 15) is 4.79 Å². The smallest absolute Gasteiger partial charge is 0.324 e. The molecule has 1 fully saturated rings. The number of benzene rings is 1. The number of carbonyl (C=O) groups excluding carboxylic acids is 1. The van der Waals surface area contributed by atoms with Gasteiger partial charge >= 0.3 is 5.97 Å². The van der Waals surface area contributed by atoms with E-state index in [4.69, 9.17) is 16.3 Å². The summed E-state index contributed by atoms with van der Waals surface area (Å²) in [6, 6.07) is 7.98. The molecule has 1 aromatic rings. The number of nitrogens with one attached hydrogen (secondary N) is 1. The lowest BCUT2D eigenvalue weighted by Gasteiger charge is -2.38. The summed E-state index contributed by atoms with van der Waals surface area (Å²) in [5, 5.41) is 4.02. The van der Waals surface area contributed by atoms with E-state index in [1.807, 2.05) is 31.2 Å². The molecular formula is C16H23ClN2O2. The molecule has 0 aliphatic carbocycles. The van der Waals surface area contributed by atoms with Crippen LogP contribution in [0.3, 0.4) is 0 Å². The van der Waals surface area contributed by atoms with Crippen molar-refractivity contribution < 1.29 is 9.53 Å². The van der Waals surface area contributed by atoms with Gasteiger partial charge in [-0.1, -0.05) is 23.7 Å². The van der Waals surface area contributed by atoms with E-state index in [1.54, 1.807) is 0 Å². The first-order valence-electron chi connectivity index (χ1n) is 7.49. The van der Waals surface area contributed by atoms with Crippen LogP contribution in [0.25, 0.3) is 0 Å². The van der Waals surface area contributed by atoms with Crippen molar-refractivity contribution in [3.63, 3.8) is 0 Å². The Kier molecular flexibility index (Phi) is 6.03. The first-order chi connectivity index (χ1) is 10.1. The minimum Gasteiger partial charge on any atom is -0.465 e. The highest BCUT2D eigenvalue weighted by Gasteiger charge is 2.32. The Labute approximate surface area is 131 Å². The summed E-state index contributed by atoms with van der Waals surface area (Å²) in [4.78, 5) is 14.3. The molecule has 2 unspecified atom stereocenters. The minimum atomic E-state index is -0.194. The highest BCUT2D eigenvalue weighted by Crippen LogP contribution is 2.16. The van der Waals surface area contributed by atoms with Crippen molar-refractivity contribution >= 4 is 17.6 Å². The summed E-state index contributed by atoms with van der Waals surface area (Å²) >= 11 is 5.92. The largest absolute Gasteiger partial charge is 0.465 e. The number of piperazine rings is 1. The summed E-state index contributed by atoms with van der Waals surface area (Å²) in [6.45, 7) is 6.85. The summed E-state index contributed by atoms with van der Waals surface area (Å²) < 4.78 is 5.19. The Morgan fingerprint density at radius 3 is 2.86 bits per heavy atom. The molecule has 0 radical (unpaired) electrons. The summed E-state index contributed by atoms with van der Waals surface area (Å²) in [5.74, 6) is -0.132. The second-order valence-electron chi connectivity index (χ2n) is 5.39. The van der Waals surface area contributed by atoms with E-state index < -0.39 is 0 Å². The predicted molar refractivity (Wildman–Crippen MR) is 84.6 cm³/mol. The molecule has 1 saturated heterocycles. The fourth-order valence-electron chi connectivity index (χ4n) is 2.78. The number of hydrogen-bond acceptors (Lipinski definition) is 4. The van der Waals surface area contributed by atoms with Crippen molar-refractivity contribution in [2.24, 2.45) is 0 Å². The van der Waals surface area contributed by atoms with Crippen LogP contribution >= 0.6 is 11.6 Å². The molecule has 0 spiro atoms. The lowest BCUT2D eigenvalue weighted by atomic mass is 10.0. The molecule has 2 atom stereocenters. The SMILES string of the molecule is CCOC(=O)C1CNCCN1C(C)Cc1ccc(Cl)cc1. The maximum atomic E-state index is 12.1. The number of ether oxygens (including phenoxy) is 1. The zero-order valence-electron chi connectivity index (χ0n) is 12.6. The minimum absolute atomic E-state index is 0.132. The maximum Gasteiger partial charge on any atom is 0.324 e. The molecule has 0 saturated carbocycles. The number of halogens is 1. The van der Waals surface area contributed by atoms with E-state index in [1.165, 1.54) is 5.56 Å². The zero-order valence-corrected chi connectivity index (χ0v) is 13.4. The standard InChI is InChI=1S/C16H23ClN2O2/c1-3-21-16(20)15-11-18-8-9-19(15)12(2)10-13-4-6-14(17)7-5-13/h4-7,12,15,18H,3,8-11H2,1-2H3. The van der Waals surface area contributed by atoms with Gasteiger partial charge < -0.3 is 10.1 Å². The van der Waals surface area contributed by atoms with Crippen LogP contribution < -0.4 is 5.32 Å². The van der Waals surface area contributed by atoms with Crippen LogP contribution in [0.2, 0.25) is 5.02 Å². The van der Waals surface area contributed by atoms with Crippen molar-refractivity contribution in [1.82, 2.24) is 10.2 Å². The average Bonchev–Trinajstić information content (AvgIpc) is 2.50. The Hall–Kier alpha value is -1.10. The lowest BCUT2D eigenvalue weighted by Crippen LogP contribution is -2.58. The third kappa shape index (κ3) is 4.43. The first-order valence-corrected chi connectivity index (χ1v) is 7.87. The Morgan fingerprint density at radius 2 is 2.19 bits per heavy atom. The predicted octanol–water partition coefficient (Wildman–Crippen LogP) is 2.11. The molecule has 2 rings (SSSR count). The van der Waals surface area contributed by atoms with Gasteiger partial charge in [-0.15, -0.1) is 0 Å². The molecule has 1 aliphatic rings. The van der Waals surface area contributed by atoms with Crippen LogP contribution in [-0.2, 0) is 16.0 Å². The van der Waals surface area contributed by atoms with Crippen molar-refractivity contribution in [1.29, 1.82) is 0 Å². The number of nitrogens with zero attached hydrogens (tertiary/aromatic N) is 1. The summed E-state index contributed by atoms with van der Waals surface area (Å²) in [7, 11) is 0. The fraction of sp³-hybridized carbons (Fsp3) is 0.562. The van der Waals surface area contributed by atoms with Crippen LogP contribution in [0.1, 0.15) is 19.4 Å². The van der Waals surface area contributed by atoms with E-state index in [0.717, 1.165) is 24.5 Å². The van der Waals surface area contributed by atoms with Gasteiger partial charge in [0.25, 0.3) is 0 Å². The van der Waals surface area contributed by atoms with Crippen LogP contribution in [-0.4, -0.2) is 49.2 Å². The topological polar surface area (TPSA) is 41.6 Å². The molecule has 116 valence electrons. The maximum absolute atomic E-state index is 12.1. The monoisotopic (exact) mass is 310 g/mol. The quantitative estimate of drug-likeness (QED) is 0.846. The van der Waals surface area contributed by atoms with Gasteiger partial charge in [0.2, 0.25) is 0 Å². The van der Waals surface area contributed by atoms with Gasteiger partial charge in [-0.3, -0.25) is 9.69 Å². The normalized spacial score (nSPS) is 21.0. The van der Waals surface area contributed by atoms with Crippen molar-refractivity contribution in [3.05, 3.63) is 34.9 Å². The van der Waals surface area contributed by atoms with Crippen LogP contribution in [0.4, 0.5) is 0 Å². The Balaban J connectivity index is 2.02. The molecule has 0 amide bonds. The highest BCUT2D eigenvalue weighted by molar-refractivity contribution is 6.30. The molecule has 4 nitrogen and oxygen atoms in total. The van der Waals surface area contributed by atoms with Crippen LogP contribution in [0.5, 0.6) is 0 Å². The fourth-order valence-corrected chi connectivity index (χ4v) is 2.91. The van der Waals surface area contributed by atoms with Gasteiger partial charge in [0.05, 0.1) is 6.61 Å². The molecule has 21 heavy (non-hydrogen) atoms.